The van der Waals surface area contributed by atoms with Gasteiger partial charge in [0.1, 0.15) is 0 Å². The summed E-state index contributed by atoms with van der Waals surface area (Å²) in [6, 6.07) is 1.000. The second kappa shape index (κ2) is 27.1. The number of allylic oxidation sites excluding steroid dienone is 1. The van der Waals surface area contributed by atoms with Crippen LogP contribution in [-0.4, -0.2) is 41.5 Å². The van der Waals surface area contributed by atoms with Crippen LogP contribution in [0.5, 0.6) is 0 Å². The maximum atomic E-state index is 5.92. The Morgan fingerprint density at radius 3 is 1.59 bits per heavy atom. The van der Waals surface area contributed by atoms with Gasteiger partial charge < -0.3 is 9.47 Å². The van der Waals surface area contributed by atoms with Gasteiger partial charge in [0.05, 0.1) is 0 Å². The molecule has 0 aliphatic heterocycles. The monoisotopic (exact) mass is 763 g/mol. The number of ether oxygens (including phenoxy) is 2. The van der Waals surface area contributed by atoms with Crippen LogP contribution in [0, 0.1) is 0 Å². The Morgan fingerprint density at radius 1 is 0.926 bits per heavy atom. The molecule has 0 N–H and O–H groups in total. The molecule has 0 fully saturated rings. The fourth-order valence-electron chi connectivity index (χ4n) is 1.23. The predicted octanol–water partition coefficient (Wildman–Crippen LogP) is 9.02. The molecular weight excluding hydrogens is 735 g/mol. The van der Waals surface area contributed by atoms with Gasteiger partial charge in [-0.15, -0.1) is 28.7 Å². The van der Waals surface area contributed by atoms with E-state index in [-0.39, 0.29) is 0 Å². The molecule has 0 aliphatic rings. The average molecular weight is 767 g/mol. The van der Waals surface area contributed by atoms with Crippen molar-refractivity contribution in [2.24, 2.45) is 0 Å². The van der Waals surface area contributed by atoms with Crippen LogP contribution in [-0.2, 0) is 21.4 Å². The summed E-state index contributed by atoms with van der Waals surface area (Å²) in [4.78, 5) is 0. The molecule has 0 saturated carbocycles. The maximum absolute atomic E-state index is 5.92. The molecule has 0 rings (SSSR count). The Labute approximate surface area is 206 Å². The Kier molecular flexibility index (Phi) is 37.6. The quantitative estimate of drug-likeness (QED) is 0.0957. The Bertz CT molecular complexity index is 285. The van der Waals surface area contributed by atoms with E-state index in [0.29, 0.717) is 0 Å². The minimum absolute atomic E-state index is 0.850. The molecule has 2 nitrogen and oxygen atoms in total. The number of hydrogen-bond acceptors (Lipinski definition) is 2. The van der Waals surface area contributed by atoms with Crippen molar-refractivity contribution in [2.75, 3.05) is 27.4 Å². The SMILES string of the molecule is C=CCCCOC.COCCCCC[Si](C)(Cl)Cl.C[SiH](Cl)Cl.[Cl][Pt]([Cl])([Cl])[Cl]. The molecule has 0 saturated heterocycles. The first-order chi connectivity index (χ1) is 12.2. The summed E-state index contributed by atoms with van der Waals surface area (Å²) in [5, 5.41) is 0. The molecular formula is C14H32Cl8O2PtSi2. The minimum atomic E-state index is -3.06. The van der Waals surface area contributed by atoms with Crippen LogP contribution in [0.15, 0.2) is 12.7 Å². The first kappa shape index (κ1) is 37.4. The summed E-state index contributed by atoms with van der Waals surface area (Å²) >= 11 is 19.1. The van der Waals surface area contributed by atoms with Crippen molar-refractivity contribution in [3.63, 3.8) is 0 Å². The second-order valence-electron chi connectivity index (χ2n) is 5.09. The van der Waals surface area contributed by atoms with Gasteiger partial charge >= 0.3 is 49.6 Å². The molecule has 0 spiro atoms. The molecule has 0 unspecified atom stereocenters. The molecule has 0 aromatic carbocycles. The van der Waals surface area contributed by atoms with Gasteiger partial charge in [0.2, 0.25) is 14.1 Å². The van der Waals surface area contributed by atoms with Crippen molar-refractivity contribution in [3.8, 4) is 0 Å². The van der Waals surface area contributed by atoms with E-state index in [1.807, 2.05) is 19.2 Å². The van der Waals surface area contributed by atoms with Gasteiger partial charge in [0.25, 0.3) is 0 Å². The molecule has 27 heavy (non-hydrogen) atoms. The molecule has 0 heterocycles. The molecule has 0 aromatic rings. The van der Waals surface area contributed by atoms with Crippen molar-refractivity contribution in [2.45, 2.75) is 51.2 Å². The summed E-state index contributed by atoms with van der Waals surface area (Å²) in [5.74, 6) is 0. The predicted molar refractivity (Wildman–Crippen MR) is 133 cm³/mol. The zero-order chi connectivity index (χ0) is 22.4. The van der Waals surface area contributed by atoms with Gasteiger partial charge in [-0.3, -0.25) is 0 Å². The summed E-state index contributed by atoms with van der Waals surface area (Å²) in [6.07, 6.45) is 7.50. The topological polar surface area (TPSA) is 18.5 Å². The van der Waals surface area contributed by atoms with Crippen LogP contribution in [0.1, 0.15) is 32.1 Å². The molecule has 0 radical (unpaired) electrons. The molecule has 0 bridgehead atoms. The van der Waals surface area contributed by atoms with Gasteiger partial charge in [-0.2, -0.15) is 22.2 Å². The van der Waals surface area contributed by atoms with E-state index in [1.54, 1.807) is 14.2 Å². The Balaban J connectivity index is -0.000000142. The van der Waals surface area contributed by atoms with Gasteiger partial charge in [0.15, 0.2) is 0 Å². The van der Waals surface area contributed by atoms with Crippen LogP contribution in [0.2, 0.25) is 19.1 Å². The van der Waals surface area contributed by atoms with Crippen LogP contribution in [0.4, 0.5) is 0 Å². The Morgan fingerprint density at radius 2 is 1.30 bits per heavy atom. The third-order valence-electron chi connectivity index (χ3n) is 2.22. The first-order valence-electron chi connectivity index (χ1n) is 7.93. The van der Waals surface area contributed by atoms with Crippen molar-refractivity contribution in [3.05, 3.63) is 12.7 Å². The van der Waals surface area contributed by atoms with E-state index >= 15 is 0 Å². The van der Waals surface area contributed by atoms with Gasteiger partial charge in [-0.1, -0.05) is 18.9 Å². The van der Waals surface area contributed by atoms with Crippen molar-refractivity contribution < 1.29 is 21.4 Å². The van der Waals surface area contributed by atoms with Crippen LogP contribution < -0.4 is 0 Å². The van der Waals surface area contributed by atoms with Crippen LogP contribution in [0.3, 0.4) is 0 Å². The molecule has 0 amide bonds. The van der Waals surface area contributed by atoms with Gasteiger partial charge in [-0.05, 0) is 38.4 Å². The van der Waals surface area contributed by atoms with E-state index < -0.39 is 26.0 Å². The number of rotatable bonds is 10. The van der Waals surface area contributed by atoms with E-state index in [4.69, 9.17) is 91.5 Å². The van der Waals surface area contributed by atoms with Crippen molar-refractivity contribution in [1.29, 1.82) is 0 Å². The van der Waals surface area contributed by atoms with E-state index in [0.717, 1.165) is 44.9 Å². The number of hydrogen-bond donors (Lipinski definition) is 0. The van der Waals surface area contributed by atoms with E-state index in [1.165, 1.54) is 6.42 Å². The third kappa shape index (κ3) is 93.7. The first-order valence-corrected chi connectivity index (χ1v) is 28.6. The van der Waals surface area contributed by atoms with Crippen LogP contribution in [0.25, 0.3) is 0 Å². The van der Waals surface area contributed by atoms with Crippen LogP contribution >= 0.6 is 82.0 Å². The number of halogens is 8. The zero-order valence-corrected chi connectivity index (χ0v) is 26.6. The normalized spacial score (nSPS) is 11.3. The van der Waals surface area contributed by atoms with E-state index in [9.17, 15) is 0 Å². The van der Waals surface area contributed by atoms with E-state index in [2.05, 4.69) is 6.58 Å². The van der Waals surface area contributed by atoms with Crippen molar-refractivity contribution >= 4 is 96.1 Å². The molecule has 0 atom stereocenters. The van der Waals surface area contributed by atoms with Gasteiger partial charge in [0, 0.05) is 27.4 Å². The fourth-order valence-corrected chi connectivity index (χ4v) is 2.90. The third-order valence-corrected chi connectivity index (χ3v) is 4.59. The standard InChI is InChI=1S/C7H16Cl2OSi.C6H12O.CH4Cl2Si.4ClH.Pt/c1-10-6-4-3-5-7-11(2,8)9;1-3-4-5-6-7-2;1-4(2)3;;;;;/h3-7H2,1-2H3;3H,1,4-6H2,2H3;4H,1H3;4*1H;/q;;;;;;;+4/p-4. The molecule has 0 aromatic heterocycles. The van der Waals surface area contributed by atoms with Gasteiger partial charge in [-0.25, -0.2) is 0 Å². The fraction of sp³-hybridized carbons (Fsp3) is 0.857. The Hall–Kier alpha value is 3.10. The average Bonchev–Trinajstić information content (AvgIpc) is 2.45. The van der Waals surface area contributed by atoms with Crippen molar-refractivity contribution in [1.82, 2.24) is 0 Å². The summed E-state index contributed by atoms with van der Waals surface area (Å²) in [5.41, 5.74) is 0. The summed E-state index contributed by atoms with van der Waals surface area (Å²) in [6.45, 7) is 7.27. The summed E-state index contributed by atoms with van der Waals surface area (Å²) < 4.78 is 9.72. The second-order valence-corrected chi connectivity index (χ2v) is 38.6. The number of methoxy groups -OCH3 is 2. The molecule has 174 valence electrons. The summed E-state index contributed by atoms with van der Waals surface area (Å²) in [7, 11) is 22.3. The zero-order valence-electron chi connectivity index (χ0n) is 16.2. The molecule has 0 aliphatic carbocycles. The molecule has 13 heteroatoms. The number of unbranched alkanes of at least 4 members (excludes halogenated alkanes) is 3.